The predicted molar refractivity (Wildman–Crippen MR) is 134 cm³/mol. The highest BCUT2D eigenvalue weighted by Gasteiger charge is 2.22. The van der Waals surface area contributed by atoms with Crippen molar-refractivity contribution in [2.45, 2.75) is 37.2 Å². The van der Waals surface area contributed by atoms with E-state index < -0.39 is 10.0 Å². The van der Waals surface area contributed by atoms with Crippen molar-refractivity contribution in [3.8, 4) is 5.75 Å². The molecule has 1 aliphatic rings. The van der Waals surface area contributed by atoms with Crippen LogP contribution in [0.1, 0.15) is 36.9 Å². The van der Waals surface area contributed by atoms with Gasteiger partial charge in [-0.05, 0) is 68.1 Å². The molecule has 3 N–H and O–H groups in total. The van der Waals surface area contributed by atoms with Crippen LogP contribution in [0, 0.1) is 11.7 Å². The smallest absolute Gasteiger partial charge is 0.240 e. The molecule has 0 aliphatic heterocycles. The Kier molecular flexibility index (Phi) is 9.71. The number of hydrogen-bond acceptors (Lipinski definition) is 4. The quantitative estimate of drug-likeness (QED) is 0.241. The summed E-state index contributed by atoms with van der Waals surface area (Å²) in [6.07, 6.45) is 2.31. The zero-order chi connectivity index (χ0) is 22.4. The number of aliphatic imine (C=N–C) groups is 1. The molecule has 176 valence electrons. The van der Waals surface area contributed by atoms with Crippen molar-refractivity contribution in [3.63, 3.8) is 0 Å². The molecule has 1 unspecified atom stereocenters. The van der Waals surface area contributed by atoms with Crippen molar-refractivity contribution in [2.24, 2.45) is 10.9 Å². The average molecular weight is 576 g/mol. The zero-order valence-electron chi connectivity index (χ0n) is 18.4. The molecular formula is C22H30FIN4O3S. The van der Waals surface area contributed by atoms with Gasteiger partial charge in [0.15, 0.2) is 17.5 Å². The molecule has 0 spiro atoms. The number of halogens is 2. The Balaban J connectivity index is 0.00000363. The molecule has 0 radical (unpaired) electrons. The van der Waals surface area contributed by atoms with Gasteiger partial charge in [0.25, 0.3) is 0 Å². The van der Waals surface area contributed by atoms with Crippen molar-refractivity contribution in [3.05, 3.63) is 59.4 Å². The van der Waals surface area contributed by atoms with Gasteiger partial charge in [-0.3, -0.25) is 4.99 Å². The van der Waals surface area contributed by atoms with Gasteiger partial charge in [-0.1, -0.05) is 18.2 Å². The first-order valence-corrected chi connectivity index (χ1v) is 11.7. The summed E-state index contributed by atoms with van der Waals surface area (Å²) in [4.78, 5) is 4.40. The number of nitrogens with one attached hydrogen (secondary N) is 3. The highest BCUT2D eigenvalue weighted by molar-refractivity contribution is 14.0. The van der Waals surface area contributed by atoms with E-state index in [0.29, 0.717) is 25.0 Å². The van der Waals surface area contributed by atoms with Crippen LogP contribution in [0.25, 0.3) is 0 Å². The van der Waals surface area contributed by atoms with Crippen LogP contribution in [0.3, 0.4) is 0 Å². The maximum Gasteiger partial charge on any atom is 0.240 e. The molecule has 32 heavy (non-hydrogen) atoms. The molecule has 1 atom stereocenters. The lowest BCUT2D eigenvalue weighted by atomic mass is 10.1. The second-order valence-electron chi connectivity index (χ2n) is 7.59. The maximum absolute atomic E-state index is 14.4. The van der Waals surface area contributed by atoms with Gasteiger partial charge in [0.1, 0.15) is 0 Å². The number of ether oxygens (including phenoxy) is 1. The van der Waals surface area contributed by atoms with E-state index >= 15 is 0 Å². The number of nitrogens with zero attached hydrogens (tertiary/aromatic N) is 1. The lowest BCUT2D eigenvalue weighted by Crippen LogP contribution is -2.38. The second-order valence-corrected chi connectivity index (χ2v) is 9.48. The van der Waals surface area contributed by atoms with E-state index in [-0.39, 0.29) is 46.5 Å². The largest absolute Gasteiger partial charge is 0.490 e. The van der Waals surface area contributed by atoms with E-state index in [2.05, 4.69) is 20.3 Å². The van der Waals surface area contributed by atoms with Crippen molar-refractivity contribution in [2.75, 3.05) is 20.7 Å². The van der Waals surface area contributed by atoms with Crippen LogP contribution in [0.5, 0.6) is 5.75 Å². The van der Waals surface area contributed by atoms with Crippen molar-refractivity contribution < 1.29 is 17.5 Å². The molecule has 0 amide bonds. The molecule has 1 fully saturated rings. The first kappa shape index (κ1) is 26.3. The molecule has 1 saturated carbocycles. The highest BCUT2D eigenvalue weighted by atomic mass is 127. The van der Waals surface area contributed by atoms with E-state index in [1.807, 2.05) is 19.1 Å². The van der Waals surface area contributed by atoms with Gasteiger partial charge in [-0.2, -0.15) is 0 Å². The van der Waals surface area contributed by atoms with Crippen LogP contribution < -0.4 is 20.1 Å². The third kappa shape index (κ3) is 7.31. The van der Waals surface area contributed by atoms with Crippen LogP contribution in [0.4, 0.5) is 4.39 Å². The Labute approximate surface area is 206 Å². The van der Waals surface area contributed by atoms with Crippen LogP contribution >= 0.6 is 24.0 Å². The second kappa shape index (κ2) is 11.8. The minimum Gasteiger partial charge on any atom is -0.490 e. The number of guanidine groups is 1. The number of hydrogen-bond donors (Lipinski definition) is 3. The van der Waals surface area contributed by atoms with E-state index in [9.17, 15) is 12.8 Å². The fourth-order valence-electron chi connectivity index (χ4n) is 3.00. The van der Waals surface area contributed by atoms with Crippen LogP contribution in [0.2, 0.25) is 0 Å². The molecule has 10 heteroatoms. The van der Waals surface area contributed by atoms with E-state index in [4.69, 9.17) is 4.74 Å². The molecule has 1 aliphatic carbocycles. The zero-order valence-corrected chi connectivity index (χ0v) is 21.5. The van der Waals surface area contributed by atoms with Crippen molar-refractivity contribution in [1.82, 2.24) is 15.4 Å². The fourth-order valence-corrected chi connectivity index (χ4v) is 3.80. The molecular weight excluding hydrogens is 546 g/mol. The monoisotopic (exact) mass is 576 g/mol. The molecule has 2 aromatic rings. The molecule has 0 aromatic heterocycles. The normalized spacial score (nSPS) is 14.9. The molecule has 7 nitrogen and oxygen atoms in total. The van der Waals surface area contributed by atoms with Crippen LogP contribution in [-0.2, 0) is 16.6 Å². The van der Waals surface area contributed by atoms with Crippen LogP contribution in [0.15, 0.2) is 52.4 Å². The first-order valence-electron chi connectivity index (χ1n) is 10.2. The summed E-state index contributed by atoms with van der Waals surface area (Å²) < 4.78 is 46.2. The molecule has 3 rings (SSSR count). The van der Waals surface area contributed by atoms with Gasteiger partial charge in [0.05, 0.1) is 17.5 Å². The third-order valence-electron chi connectivity index (χ3n) is 5.14. The first-order chi connectivity index (χ1) is 14.8. The van der Waals surface area contributed by atoms with Gasteiger partial charge >= 0.3 is 0 Å². The standard InChI is InChI=1S/C22H29FN4O3S.HI/c1-15(18-9-10-21(20(23)12-18)30-14-16-7-8-16)27-22(24-2)26-13-17-5-4-6-19(11-17)31(28,29)25-3;/h4-6,9-12,15-16,25H,7-8,13-14H2,1-3H3,(H2,24,26,27);1H. The lowest BCUT2D eigenvalue weighted by molar-refractivity contribution is 0.285. The topological polar surface area (TPSA) is 91.8 Å². The van der Waals surface area contributed by atoms with Gasteiger partial charge in [-0.15, -0.1) is 24.0 Å². The Morgan fingerprint density at radius 3 is 2.62 bits per heavy atom. The summed E-state index contributed by atoms with van der Waals surface area (Å²) in [5, 5.41) is 6.37. The van der Waals surface area contributed by atoms with Gasteiger partial charge in [-0.25, -0.2) is 17.5 Å². The maximum atomic E-state index is 14.4. The van der Waals surface area contributed by atoms with Crippen molar-refractivity contribution >= 4 is 40.0 Å². The summed E-state index contributed by atoms with van der Waals surface area (Å²) in [7, 11) is -0.487. The number of sulfonamides is 1. The van der Waals surface area contributed by atoms with Crippen LogP contribution in [-0.4, -0.2) is 35.1 Å². The minimum atomic E-state index is -3.50. The molecule has 0 saturated heterocycles. The van der Waals surface area contributed by atoms with E-state index in [1.165, 1.54) is 19.2 Å². The summed E-state index contributed by atoms with van der Waals surface area (Å²) in [5.74, 6) is 0.982. The van der Waals surface area contributed by atoms with Crippen molar-refractivity contribution in [1.29, 1.82) is 0 Å². The Hall–Kier alpha value is -1.92. The fraction of sp³-hybridized carbons (Fsp3) is 0.409. The van der Waals surface area contributed by atoms with Gasteiger partial charge < -0.3 is 15.4 Å². The Morgan fingerprint density at radius 2 is 2.00 bits per heavy atom. The molecule has 0 heterocycles. The van der Waals surface area contributed by atoms with E-state index in [0.717, 1.165) is 24.0 Å². The summed E-state index contributed by atoms with van der Waals surface area (Å²) >= 11 is 0. The Bertz CT molecular complexity index is 1050. The average Bonchev–Trinajstić information content (AvgIpc) is 3.60. The number of rotatable bonds is 9. The van der Waals surface area contributed by atoms with Gasteiger partial charge in [0.2, 0.25) is 10.0 Å². The lowest BCUT2D eigenvalue weighted by Gasteiger charge is -2.19. The van der Waals surface area contributed by atoms with E-state index in [1.54, 1.807) is 25.2 Å². The van der Waals surface area contributed by atoms with Gasteiger partial charge in [0, 0.05) is 13.6 Å². The summed E-state index contributed by atoms with van der Waals surface area (Å²) in [6, 6.07) is 11.4. The SMILES string of the molecule is CN=C(NCc1cccc(S(=O)(=O)NC)c1)NC(C)c1ccc(OCC2CC2)c(F)c1.I. The number of benzene rings is 2. The molecule has 2 aromatic carbocycles. The highest BCUT2D eigenvalue weighted by Crippen LogP contribution is 2.30. The third-order valence-corrected chi connectivity index (χ3v) is 6.55. The minimum absolute atomic E-state index is 0. The Morgan fingerprint density at radius 1 is 1.25 bits per heavy atom. The summed E-state index contributed by atoms with van der Waals surface area (Å²) in [5.41, 5.74) is 1.55. The summed E-state index contributed by atoms with van der Waals surface area (Å²) in [6.45, 7) is 2.85. The molecule has 0 bridgehead atoms. The predicted octanol–water partition coefficient (Wildman–Crippen LogP) is 3.57.